The van der Waals surface area contributed by atoms with Crippen LogP contribution in [0.4, 0.5) is 14.4 Å². The van der Waals surface area contributed by atoms with Crippen LogP contribution in [0.15, 0.2) is 0 Å². The van der Waals surface area contributed by atoms with E-state index in [0.717, 1.165) is 0 Å². The molecule has 0 aliphatic rings. The van der Waals surface area contributed by atoms with E-state index in [-0.39, 0.29) is 37.7 Å². The van der Waals surface area contributed by atoms with Gasteiger partial charge < -0.3 is 30.6 Å². The van der Waals surface area contributed by atoms with E-state index in [4.69, 9.17) is 45.0 Å². The minimum absolute atomic E-state index is 0. The van der Waals surface area contributed by atoms with E-state index in [1.165, 1.54) is 0 Å². The number of hydrogen-bond acceptors (Lipinski definition) is 3. The predicted molar refractivity (Wildman–Crippen MR) is 40.5 cm³/mol. The molecule has 0 aliphatic heterocycles. The first-order valence-electron chi connectivity index (χ1n) is 1.95. The summed E-state index contributed by atoms with van der Waals surface area (Å²) in [6, 6.07) is 0. The van der Waals surface area contributed by atoms with Crippen molar-refractivity contribution in [3.8, 4) is 0 Å². The van der Waals surface area contributed by atoms with Crippen molar-refractivity contribution in [3.05, 3.63) is 0 Å². The molecule has 10 heteroatoms. The second-order valence-electron chi connectivity index (χ2n) is 0.848. The van der Waals surface area contributed by atoms with Gasteiger partial charge in [0.15, 0.2) is 0 Å². The normalized spacial score (nSPS) is 5.54. The second-order valence-corrected chi connectivity index (χ2v) is 0.848. The molecular weight excluding hydrogens is 220 g/mol. The molecule has 0 spiro atoms. The average molecular weight is 228 g/mol. The molecule has 0 heterocycles. The van der Waals surface area contributed by atoms with Gasteiger partial charge in [0.05, 0.1) is 0 Å². The molecule has 0 saturated carbocycles. The minimum atomic E-state index is -1.83. The van der Waals surface area contributed by atoms with Crippen molar-refractivity contribution in [3.63, 3.8) is 0 Å². The van der Waals surface area contributed by atoms with Gasteiger partial charge in [0.2, 0.25) is 0 Å². The molecule has 0 radical (unpaired) electrons. The molecule has 0 aromatic heterocycles. The Morgan fingerprint density at radius 1 is 0.538 bits per heavy atom. The Balaban J connectivity index is -0.0000000450. The number of carbonyl (C=O) groups is 3. The molecule has 13 heavy (non-hydrogen) atoms. The summed E-state index contributed by atoms with van der Waals surface area (Å²) in [4.78, 5) is 25.7. The standard InChI is InChI=1S/3CH2O3.Ca.2H/c3*2-1(3)4;;;/h3*(H2,2,3,4);;;. The van der Waals surface area contributed by atoms with Crippen LogP contribution in [0.3, 0.4) is 0 Å². The van der Waals surface area contributed by atoms with Gasteiger partial charge in [-0.2, -0.15) is 0 Å². The van der Waals surface area contributed by atoms with Crippen LogP contribution in [0.1, 0.15) is 0 Å². The van der Waals surface area contributed by atoms with E-state index < -0.39 is 18.5 Å². The van der Waals surface area contributed by atoms with Crippen LogP contribution in [0, 0.1) is 0 Å². The molecule has 0 atom stereocenters. The first-order valence-corrected chi connectivity index (χ1v) is 1.95. The van der Waals surface area contributed by atoms with Crippen LogP contribution in [-0.2, 0) is 0 Å². The summed E-state index contributed by atoms with van der Waals surface area (Å²) in [5.41, 5.74) is 0. The fourth-order valence-corrected chi connectivity index (χ4v) is 0. The van der Waals surface area contributed by atoms with Crippen molar-refractivity contribution < 1.29 is 45.0 Å². The maximum atomic E-state index is 8.56. The summed E-state index contributed by atoms with van der Waals surface area (Å²) in [5.74, 6) is 0. The average Bonchev–Trinajstić information content (AvgIpc) is 1.54. The van der Waals surface area contributed by atoms with Crippen molar-refractivity contribution in [2.75, 3.05) is 0 Å². The van der Waals surface area contributed by atoms with E-state index >= 15 is 0 Å². The summed E-state index contributed by atoms with van der Waals surface area (Å²) in [7, 11) is 0. The van der Waals surface area contributed by atoms with E-state index in [1.54, 1.807) is 0 Å². The number of rotatable bonds is 0. The molecule has 0 aliphatic carbocycles. The first kappa shape index (κ1) is 22.7. The van der Waals surface area contributed by atoms with Crippen LogP contribution >= 0.6 is 0 Å². The summed E-state index contributed by atoms with van der Waals surface area (Å²) in [6.07, 6.45) is -5.50. The fourth-order valence-electron chi connectivity index (χ4n) is 0. The van der Waals surface area contributed by atoms with Gasteiger partial charge in [0.1, 0.15) is 0 Å². The zero-order valence-corrected chi connectivity index (χ0v) is 5.41. The quantitative estimate of drug-likeness (QED) is 0.305. The monoisotopic (exact) mass is 228 g/mol. The summed E-state index contributed by atoms with van der Waals surface area (Å²) in [5, 5.41) is 41.8. The molecule has 0 rings (SSSR count). The molecule has 9 nitrogen and oxygen atoms in total. The molecule has 0 saturated heterocycles. The van der Waals surface area contributed by atoms with Gasteiger partial charge in [0, 0.05) is 0 Å². The van der Waals surface area contributed by atoms with Crippen molar-refractivity contribution in [1.82, 2.24) is 0 Å². The van der Waals surface area contributed by atoms with Gasteiger partial charge in [-0.1, -0.05) is 0 Å². The molecule has 0 aromatic rings. The second kappa shape index (κ2) is 17.2. The van der Waals surface area contributed by atoms with Crippen LogP contribution in [-0.4, -0.2) is 86.8 Å². The van der Waals surface area contributed by atoms with Crippen molar-refractivity contribution >= 4 is 56.2 Å². The summed E-state index contributed by atoms with van der Waals surface area (Å²) in [6.45, 7) is 0. The van der Waals surface area contributed by atoms with E-state index in [2.05, 4.69) is 0 Å². The third kappa shape index (κ3) is 1050. The zero-order valence-electron chi connectivity index (χ0n) is 5.41. The van der Waals surface area contributed by atoms with Crippen LogP contribution in [0.2, 0.25) is 0 Å². The van der Waals surface area contributed by atoms with Crippen molar-refractivity contribution in [1.29, 1.82) is 0 Å². The molecule has 76 valence electrons. The Morgan fingerprint density at radius 3 is 0.538 bits per heavy atom. The Morgan fingerprint density at radius 2 is 0.538 bits per heavy atom. The van der Waals surface area contributed by atoms with Crippen LogP contribution in [0.5, 0.6) is 0 Å². The van der Waals surface area contributed by atoms with E-state index in [0.29, 0.717) is 0 Å². The molecule has 0 unspecified atom stereocenters. The maximum absolute atomic E-state index is 8.56. The first-order chi connectivity index (χ1) is 5.20. The van der Waals surface area contributed by atoms with Gasteiger partial charge in [0.25, 0.3) is 0 Å². The topological polar surface area (TPSA) is 173 Å². The molecule has 0 aromatic carbocycles. The molecular formula is C3H8CaO9. The van der Waals surface area contributed by atoms with E-state index in [9.17, 15) is 0 Å². The van der Waals surface area contributed by atoms with Gasteiger partial charge in [-0.3, -0.25) is 0 Å². The summed E-state index contributed by atoms with van der Waals surface area (Å²) >= 11 is 0. The predicted octanol–water partition coefficient (Wildman–Crippen LogP) is -0.249. The van der Waals surface area contributed by atoms with Crippen molar-refractivity contribution in [2.24, 2.45) is 0 Å². The van der Waals surface area contributed by atoms with Crippen LogP contribution in [0.25, 0.3) is 0 Å². The third-order valence-electron chi connectivity index (χ3n) is 0. The van der Waals surface area contributed by atoms with Gasteiger partial charge >= 0.3 is 56.2 Å². The Hall–Kier alpha value is -0.930. The fraction of sp³-hybridized carbons (Fsp3) is 0. The zero-order chi connectivity index (χ0) is 10.7. The van der Waals surface area contributed by atoms with Gasteiger partial charge in [-0.15, -0.1) is 0 Å². The molecule has 6 N–H and O–H groups in total. The van der Waals surface area contributed by atoms with Crippen molar-refractivity contribution in [2.45, 2.75) is 0 Å². The molecule has 0 fully saturated rings. The number of hydrogen-bond donors (Lipinski definition) is 6. The summed E-state index contributed by atoms with van der Waals surface area (Å²) < 4.78 is 0. The molecule has 0 bridgehead atoms. The third-order valence-corrected chi connectivity index (χ3v) is 0. The Bertz CT molecular complexity index is 112. The molecule has 0 amide bonds. The van der Waals surface area contributed by atoms with Gasteiger partial charge in [-0.05, 0) is 0 Å². The van der Waals surface area contributed by atoms with Crippen LogP contribution < -0.4 is 0 Å². The van der Waals surface area contributed by atoms with Gasteiger partial charge in [-0.25, -0.2) is 14.4 Å². The number of carboxylic acid groups (broad SMARTS) is 6. The SMILES string of the molecule is O=C(O)O.O=C(O)O.O=C(O)O.[CaH2]. The Kier molecular flexibility index (Phi) is 30.1. The van der Waals surface area contributed by atoms with E-state index in [1.807, 2.05) is 0 Å². The Labute approximate surface area is 101 Å².